The summed E-state index contributed by atoms with van der Waals surface area (Å²) in [4.78, 5) is 18.7. The van der Waals surface area contributed by atoms with E-state index in [1.165, 1.54) is 0 Å². The highest BCUT2D eigenvalue weighted by Gasteiger charge is 2.32. The Hall–Kier alpha value is -3.35. The monoisotopic (exact) mass is 365 g/mol. The Labute approximate surface area is 156 Å². The third-order valence-corrected chi connectivity index (χ3v) is 4.26. The van der Waals surface area contributed by atoms with Gasteiger partial charge in [0, 0.05) is 0 Å². The first-order valence-electron chi connectivity index (χ1n) is 8.79. The average molecular weight is 365 g/mol. The fraction of sp³-hybridized carbons (Fsp3) is 0.250. The van der Waals surface area contributed by atoms with Crippen LogP contribution in [0.3, 0.4) is 0 Å². The van der Waals surface area contributed by atoms with Gasteiger partial charge in [0.2, 0.25) is 11.7 Å². The smallest absolute Gasteiger partial charge is 0.268 e. The molecule has 2 aromatic carbocycles. The Morgan fingerprint density at radius 1 is 1.15 bits per heavy atom. The number of para-hydroxylation sites is 3. The van der Waals surface area contributed by atoms with Gasteiger partial charge in [-0.3, -0.25) is 9.69 Å². The van der Waals surface area contributed by atoms with E-state index in [4.69, 9.17) is 14.0 Å². The zero-order valence-corrected chi connectivity index (χ0v) is 15.1. The second-order valence-electron chi connectivity index (χ2n) is 6.09. The van der Waals surface area contributed by atoms with Gasteiger partial charge in [0.15, 0.2) is 6.10 Å². The van der Waals surface area contributed by atoms with Crippen molar-refractivity contribution in [3.8, 4) is 22.9 Å². The van der Waals surface area contributed by atoms with Crippen LogP contribution in [0.1, 0.15) is 19.7 Å². The molecular weight excluding hydrogens is 346 g/mol. The van der Waals surface area contributed by atoms with Crippen LogP contribution in [0.5, 0.6) is 11.5 Å². The van der Waals surface area contributed by atoms with Gasteiger partial charge < -0.3 is 14.0 Å². The zero-order valence-electron chi connectivity index (χ0n) is 15.1. The van der Waals surface area contributed by atoms with Crippen LogP contribution in [0.4, 0.5) is 5.69 Å². The quantitative estimate of drug-likeness (QED) is 0.689. The van der Waals surface area contributed by atoms with Gasteiger partial charge in [-0.2, -0.15) is 4.98 Å². The number of benzene rings is 2. The molecule has 0 saturated carbocycles. The van der Waals surface area contributed by atoms with E-state index in [0.717, 1.165) is 5.56 Å². The molecule has 2 heterocycles. The standard InChI is InChI=1S/C20H19N3O4/c1-3-25-16-10-6-4-8-14(16)19-21-18(27-22-19)12-23-15-9-5-7-11-17(15)26-13(2)20(23)24/h4-11,13H,3,12H2,1-2H3/t13-/m0/s1. The van der Waals surface area contributed by atoms with E-state index in [1.807, 2.05) is 55.5 Å². The van der Waals surface area contributed by atoms with E-state index in [9.17, 15) is 4.79 Å². The summed E-state index contributed by atoms with van der Waals surface area (Å²) in [6, 6.07) is 14.9. The second-order valence-corrected chi connectivity index (χ2v) is 6.09. The van der Waals surface area contributed by atoms with Crippen LogP contribution in [0, 0.1) is 0 Å². The molecule has 0 radical (unpaired) electrons. The van der Waals surface area contributed by atoms with Crippen molar-refractivity contribution < 1.29 is 18.8 Å². The van der Waals surface area contributed by atoms with Crippen molar-refractivity contribution in [2.45, 2.75) is 26.5 Å². The topological polar surface area (TPSA) is 77.7 Å². The van der Waals surface area contributed by atoms with Crippen LogP contribution in [0.15, 0.2) is 53.1 Å². The molecule has 0 N–H and O–H groups in total. The summed E-state index contributed by atoms with van der Waals surface area (Å²) in [5, 5.41) is 4.06. The Morgan fingerprint density at radius 3 is 2.78 bits per heavy atom. The number of aromatic nitrogens is 2. The van der Waals surface area contributed by atoms with Gasteiger partial charge in [0.25, 0.3) is 5.91 Å². The molecule has 1 aliphatic heterocycles. The molecule has 3 aromatic rings. The molecule has 0 unspecified atom stereocenters. The van der Waals surface area contributed by atoms with Crippen molar-refractivity contribution in [3.05, 3.63) is 54.4 Å². The van der Waals surface area contributed by atoms with Crippen molar-refractivity contribution in [1.29, 1.82) is 0 Å². The maximum atomic E-state index is 12.6. The van der Waals surface area contributed by atoms with Gasteiger partial charge in [-0.05, 0) is 38.1 Å². The molecule has 4 rings (SSSR count). The Morgan fingerprint density at radius 2 is 1.93 bits per heavy atom. The van der Waals surface area contributed by atoms with Gasteiger partial charge in [0.1, 0.15) is 18.0 Å². The molecule has 138 valence electrons. The minimum Gasteiger partial charge on any atom is -0.493 e. The molecular formula is C20H19N3O4. The minimum atomic E-state index is -0.569. The van der Waals surface area contributed by atoms with Crippen LogP contribution in [-0.4, -0.2) is 28.8 Å². The third kappa shape index (κ3) is 3.23. The zero-order chi connectivity index (χ0) is 18.8. The Kier molecular flexibility index (Phi) is 4.50. The molecule has 7 heteroatoms. The van der Waals surface area contributed by atoms with Crippen molar-refractivity contribution in [3.63, 3.8) is 0 Å². The minimum absolute atomic E-state index is 0.150. The number of hydrogen-bond donors (Lipinski definition) is 0. The maximum absolute atomic E-state index is 12.6. The molecule has 0 saturated heterocycles. The number of carbonyl (C=O) groups excluding carboxylic acids is 1. The first-order valence-corrected chi connectivity index (χ1v) is 8.79. The molecule has 0 fully saturated rings. The number of hydrogen-bond acceptors (Lipinski definition) is 6. The number of anilines is 1. The van der Waals surface area contributed by atoms with E-state index in [0.29, 0.717) is 35.5 Å². The molecule has 1 aromatic heterocycles. The number of nitrogens with zero attached hydrogens (tertiary/aromatic N) is 3. The van der Waals surface area contributed by atoms with E-state index in [-0.39, 0.29) is 12.5 Å². The van der Waals surface area contributed by atoms with E-state index >= 15 is 0 Å². The van der Waals surface area contributed by atoms with Crippen molar-refractivity contribution >= 4 is 11.6 Å². The van der Waals surface area contributed by atoms with Gasteiger partial charge in [-0.1, -0.05) is 29.4 Å². The summed E-state index contributed by atoms with van der Waals surface area (Å²) in [6.07, 6.45) is -0.569. The van der Waals surface area contributed by atoms with Gasteiger partial charge in [0.05, 0.1) is 17.9 Å². The Balaban J connectivity index is 1.63. The molecule has 0 aliphatic carbocycles. The average Bonchev–Trinajstić information content (AvgIpc) is 3.14. The highest BCUT2D eigenvalue weighted by molar-refractivity contribution is 5.99. The summed E-state index contributed by atoms with van der Waals surface area (Å²) in [5.74, 6) is 1.97. The number of rotatable bonds is 5. The highest BCUT2D eigenvalue weighted by Crippen LogP contribution is 2.35. The van der Waals surface area contributed by atoms with Crippen molar-refractivity contribution in [1.82, 2.24) is 10.1 Å². The van der Waals surface area contributed by atoms with Gasteiger partial charge in [-0.15, -0.1) is 0 Å². The number of carbonyl (C=O) groups is 1. The molecule has 1 atom stereocenters. The lowest BCUT2D eigenvalue weighted by atomic mass is 10.2. The van der Waals surface area contributed by atoms with Crippen molar-refractivity contribution in [2.75, 3.05) is 11.5 Å². The SMILES string of the molecule is CCOc1ccccc1-c1noc(CN2C(=O)[C@H](C)Oc3ccccc32)n1. The maximum Gasteiger partial charge on any atom is 0.268 e. The summed E-state index contributed by atoms with van der Waals surface area (Å²) in [5.41, 5.74) is 1.44. The molecule has 0 bridgehead atoms. The van der Waals surface area contributed by atoms with Crippen LogP contribution < -0.4 is 14.4 Å². The Bertz CT molecular complexity index is 969. The first-order chi connectivity index (χ1) is 13.2. The van der Waals surface area contributed by atoms with Crippen LogP contribution in [0.2, 0.25) is 0 Å². The lowest BCUT2D eigenvalue weighted by molar-refractivity contribution is -0.125. The predicted octanol–water partition coefficient (Wildman–Crippen LogP) is 3.45. The molecule has 1 aliphatic rings. The number of amides is 1. The normalized spacial score (nSPS) is 16.0. The van der Waals surface area contributed by atoms with Crippen molar-refractivity contribution in [2.24, 2.45) is 0 Å². The molecule has 7 nitrogen and oxygen atoms in total. The lowest BCUT2D eigenvalue weighted by Crippen LogP contribution is -2.44. The molecule has 0 spiro atoms. The summed E-state index contributed by atoms with van der Waals surface area (Å²) in [7, 11) is 0. The summed E-state index contributed by atoms with van der Waals surface area (Å²) < 4.78 is 16.7. The highest BCUT2D eigenvalue weighted by atomic mass is 16.5. The molecule has 27 heavy (non-hydrogen) atoms. The molecule has 1 amide bonds. The lowest BCUT2D eigenvalue weighted by Gasteiger charge is -2.31. The van der Waals surface area contributed by atoms with Gasteiger partial charge >= 0.3 is 0 Å². The van der Waals surface area contributed by atoms with Crippen LogP contribution in [-0.2, 0) is 11.3 Å². The van der Waals surface area contributed by atoms with Crippen LogP contribution in [0.25, 0.3) is 11.4 Å². The second kappa shape index (κ2) is 7.11. The van der Waals surface area contributed by atoms with E-state index in [2.05, 4.69) is 10.1 Å². The van der Waals surface area contributed by atoms with Crippen LogP contribution >= 0.6 is 0 Å². The fourth-order valence-corrected chi connectivity index (χ4v) is 3.02. The third-order valence-electron chi connectivity index (χ3n) is 4.26. The van der Waals surface area contributed by atoms with E-state index in [1.54, 1.807) is 11.8 Å². The van der Waals surface area contributed by atoms with E-state index < -0.39 is 6.10 Å². The summed E-state index contributed by atoms with van der Waals surface area (Å²) in [6.45, 7) is 4.36. The largest absolute Gasteiger partial charge is 0.493 e. The first kappa shape index (κ1) is 17.1. The fourth-order valence-electron chi connectivity index (χ4n) is 3.02. The number of ether oxygens (including phenoxy) is 2. The predicted molar refractivity (Wildman–Crippen MR) is 98.6 cm³/mol. The summed E-state index contributed by atoms with van der Waals surface area (Å²) >= 11 is 0. The van der Waals surface area contributed by atoms with Gasteiger partial charge in [-0.25, -0.2) is 0 Å². The number of fused-ring (bicyclic) bond motifs is 1.